The van der Waals surface area contributed by atoms with Crippen molar-refractivity contribution in [1.29, 1.82) is 0 Å². The lowest BCUT2D eigenvalue weighted by molar-refractivity contribution is 1.24. The van der Waals surface area contributed by atoms with Gasteiger partial charge in [0.15, 0.2) is 0 Å². The summed E-state index contributed by atoms with van der Waals surface area (Å²) in [4.78, 5) is 0. The molecule has 2 aromatic carbocycles. The van der Waals surface area contributed by atoms with Gasteiger partial charge in [-0.3, -0.25) is 0 Å². The lowest BCUT2D eigenvalue weighted by Crippen LogP contribution is -1.97. The predicted octanol–water partition coefficient (Wildman–Crippen LogP) is 4.69. The second-order valence-corrected chi connectivity index (χ2v) is 4.95. The number of aryl methyl sites for hydroxylation is 4. The molecule has 0 aliphatic rings. The maximum Gasteiger partial charge on any atom is -0.0117 e. The van der Waals surface area contributed by atoms with Crippen LogP contribution in [0.15, 0.2) is 12.1 Å². The number of rotatable bonds is 0. The largest absolute Gasteiger partial charge is 0.0584 e. The molecule has 0 nitrogen and oxygen atoms in total. The Kier molecular flexibility index (Phi) is 2.53. The van der Waals surface area contributed by atoms with Gasteiger partial charge in [-0.05, 0) is 85.7 Å². The van der Waals surface area contributed by atoms with Gasteiger partial charge >= 0.3 is 0 Å². The molecule has 16 heavy (non-hydrogen) atoms. The van der Waals surface area contributed by atoms with Crippen LogP contribution in [0.1, 0.15) is 33.4 Å². The average molecular weight is 212 g/mol. The minimum atomic E-state index is 1.39. The van der Waals surface area contributed by atoms with Gasteiger partial charge in [0.25, 0.3) is 0 Å². The van der Waals surface area contributed by atoms with Crippen LogP contribution in [0.25, 0.3) is 10.8 Å². The maximum absolute atomic E-state index is 2.25. The normalized spacial score (nSPS) is 11.1. The highest BCUT2D eigenvalue weighted by Gasteiger charge is 2.11. The summed E-state index contributed by atoms with van der Waals surface area (Å²) in [5.41, 5.74) is 8.56. The Labute approximate surface area is 98.3 Å². The van der Waals surface area contributed by atoms with Gasteiger partial charge in [-0.25, -0.2) is 0 Å². The van der Waals surface area contributed by atoms with Crippen molar-refractivity contribution >= 4 is 10.8 Å². The average Bonchev–Trinajstić information content (AvgIpc) is 2.26. The molecule has 0 unspecified atom stereocenters. The third-order valence-corrected chi connectivity index (χ3v) is 4.06. The fraction of sp³-hybridized carbons (Fsp3) is 0.375. The van der Waals surface area contributed by atoms with E-state index in [9.17, 15) is 0 Å². The number of benzene rings is 2. The number of fused-ring (bicyclic) bond motifs is 1. The third kappa shape index (κ3) is 1.36. The molecule has 84 valence electrons. The first-order chi connectivity index (χ1) is 7.45. The zero-order valence-corrected chi connectivity index (χ0v) is 11.2. The van der Waals surface area contributed by atoms with E-state index >= 15 is 0 Å². The molecule has 0 bridgehead atoms. The molecular formula is C16H20. The summed E-state index contributed by atoms with van der Waals surface area (Å²) in [6, 6.07) is 4.47. The van der Waals surface area contributed by atoms with Crippen molar-refractivity contribution in [2.24, 2.45) is 0 Å². The Morgan fingerprint density at radius 1 is 0.500 bits per heavy atom. The standard InChI is InChI=1S/C16H20/c1-9-7-8-10(2)16-14(6)12(4)11(3)13(5)15(9)16/h7-8H,1-6H3. The Balaban J connectivity index is 3.14. The van der Waals surface area contributed by atoms with E-state index in [1.807, 2.05) is 0 Å². The summed E-state index contributed by atoms with van der Waals surface area (Å²) < 4.78 is 0. The fourth-order valence-electron chi connectivity index (χ4n) is 2.72. The molecule has 0 aliphatic carbocycles. The van der Waals surface area contributed by atoms with Crippen LogP contribution in [0.2, 0.25) is 0 Å². The topological polar surface area (TPSA) is 0 Å². The SMILES string of the molecule is Cc1c(C)c(C)c2c(C)ccc(C)c2c1C. The summed E-state index contributed by atoms with van der Waals surface area (Å²) in [6.07, 6.45) is 0. The lowest BCUT2D eigenvalue weighted by Gasteiger charge is -2.17. The molecule has 0 radical (unpaired) electrons. The molecule has 0 atom stereocenters. The smallest absolute Gasteiger partial charge is 0.0117 e. The second kappa shape index (κ2) is 3.62. The molecule has 0 amide bonds. The molecule has 0 spiro atoms. The Hall–Kier alpha value is -1.30. The third-order valence-electron chi connectivity index (χ3n) is 4.06. The minimum absolute atomic E-state index is 1.39. The van der Waals surface area contributed by atoms with Crippen LogP contribution in [-0.4, -0.2) is 0 Å². The molecule has 0 fully saturated rings. The monoisotopic (exact) mass is 212 g/mol. The zero-order valence-electron chi connectivity index (χ0n) is 11.2. The first-order valence-electron chi connectivity index (χ1n) is 5.91. The second-order valence-electron chi connectivity index (χ2n) is 4.95. The lowest BCUT2D eigenvalue weighted by atomic mass is 9.87. The van der Waals surface area contributed by atoms with E-state index in [1.165, 1.54) is 44.2 Å². The summed E-state index contributed by atoms with van der Waals surface area (Å²) >= 11 is 0. The van der Waals surface area contributed by atoms with Crippen molar-refractivity contribution in [3.8, 4) is 0 Å². The molecule has 0 aliphatic heterocycles. The van der Waals surface area contributed by atoms with Gasteiger partial charge in [0, 0.05) is 0 Å². The van der Waals surface area contributed by atoms with Crippen LogP contribution in [0.5, 0.6) is 0 Å². The molecule has 0 saturated carbocycles. The first-order valence-corrected chi connectivity index (χ1v) is 5.91. The van der Waals surface area contributed by atoms with E-state index in [4.69, 9.17) is 0 Å². The molecule has 0 heterocycles. The van der Waals surface area contributed by atoms with Gasteiger partial charge in [0.1, 0.15) is 0 Å². The molecule has 0 heteroatoms. The fourth-order valence-corrected chi connectivity index (χ4v) is 2.72. The Morgan fingerprint density at radius 2 is 0.812 bits per heavy atom. The highest BCUT2D eigenvalue weighted by atomic mass is 14.2. The van der Waals surface area contributed by atoms with Crippen molar-refractivity contribution in [3.63, 3.8) is 0 Å². The molecule has 0 N–H and O–H groups in total. The predicted molar refractivity (Wildman–Crippen MR) is 72.4 cm³/mol. The molecular weight excluding hydrogens is 192 g/mol. The van der Waals surface area contributed by atoms with Crippen LogP contribution in [0.4, 0.5) is 0 Å². The van der Waals surface area contributed by atoms with E-state index in [0.717, 1.165) is 0 Å². The maximum atomic E-state index is 2.25. The Morgan fingerprint density at radius 3 is 1.12 bits per heavy atom. The van der Waals surface area contributed by atoms with E-state index < -0.39 is 0 Å². The van der Waals surface area contributed by atoms with E-state index in [1.54, 1.807) is 0 Å². The van der Waals surface area contributed by atoms with Crippen LogP contribution in [0, 0.1) is 41.5 Å². The summed E-state index contributed by atoms with van der Waals surface area (Å²) in [5, 5.41) is 2.92. The highest BCUT2D eigenvalue weighted by Crippen LogP contribution is 2.33. The van der Waals surface area contributed by atoms with Crippen LogP contribution in [0.3, 0.4) is 0 Å². The van der Waals surface area contributed by atoms with Crippen molar-refractivity contribution < 1.29 is 0 Å². The van der Waals surface area contributed by atoms with Crippen molar-refractivity contribution in [3.05, 3.63) is 45.5 Å². The van der Waals surface area contributed by atoms with Crippen molar-refractivity contribution in [2.75, 3.05) is 0 Å². The van der Waals surface area contributed by atoms with Crippen molar-refractivity contribution in [1.82, 2.24) is 0 Å². The van der Waals surface area contributed by atoms with Gasteiger partial charge < -0.3 is 0 Å². The van der Waals surface area contributed by atoms with E-state index in [-0.39, 0.29) is 0 Å². The number of hydrogen-bond donors (Lipinski definition) is 0. The van der Waals surface area contributed by atoms with Crippen LogP contribution >= 0.6 is 0 Å². The molecule has 2 aromatic rings. The van der Waals surface area contributed by atoms with Crippen LogP contribution < -0.4 is 0 Å². The van der Waals surface area contributed by atoms with Gasteiger partial charge in [-0.1, -0.05) is 12.1 Å². The Bertz CT molecular complexity index is 522. The van der Waals surface area contributed by atoms with Crippen LogP contribution in [-0.2, 0) is 0 Å². The quantitative estimate of drug-likeness (QED) is 0.594. The zero-order chi connectivity index (χ0) is 12.0. The van der Waals surface area contributed by atoms with Crippen molar-refractivity contribution in [2.45, 2.75) is 41.5 Å². The van der Waals surface area contributed by atoms with E-state index in [0.29, 0.717) is 0 Å². The first kappa shape index (κ1) is 11.2. The molecule has 0 saturated heterocycles. The van der Waals surface area contributed by atoms with Gasteiger partial charge in [-0.15, -0.1) is 0 Å². The molecule has 0 aromatic heterocycles. The molecule has 2 rings (SSSR count). The van der Waals surface area contributed by atoms with Gasteiger partial charge in [0.05, 0.1) is 0 Å². The van der Waals surface area contributed by atoms with Gasteiger partial charge in [-0.2, -0.15) is 0 Å². The minimum Gasteiger partial charge on any atom is -0.0584 e. The summed E-state index contributed by atoms with van der Waals surface area (Å²) in [5.74, 6) is 0. The highest BCUT2D eigenvalue weighted by molar-refractivity contribution is 5.95. The summed E-state index contributed by atoms with van der Waals surface area (Å²) in [7, 11) is 0. The number of hydrogen-bond acceptors (Lipinski definition) is 0. The summed E-state index contributed by atoms with van der Waals surface area (Å²) in [6.45, 7) is 13.4. The van der Waals surface area contributed by atoms with E-state index in [2.05, 4.69) is 53.7 Å². The van der Waals surface area contributed by atoms with Gasteiger partial charge in [0.2, 0.25) is 0 Å².